The van der Waals surface area contributed by atoms with Crippen molar-refractivity contribution in [1.82, 2.24) is 4.98 Å². The highest BCUT2D eigenvalue weighted by atomic mass is 32.1. The van der Waals surface area contributed by atoms with Gasteiger partial charge in [0.15, 0.2) is 5.13 Å². The lowest BCUT2D eigenvalue weighted by atomic mass is 10.1. The molecule has 5 heteroatoms. The Balaban J connectivity index is 1.56. The summed E-state index contributed by atoms with van der Waals surface area (Å²) in [5.41, 5.74) is 3.08. The molecule has 3 rings (SSSR count). The van der Waals surface area contributed by atoms with E-state index in [4.69, 9.17) is 4.74 Å². The highest BCUT2D eigenvalue weighted by molar-refractivity contribution is 7.15. The van der Waals surface area contributed by atoms with Crippen molar-refractivity contribution in [3.05, 3.63) is 76.3 Å². The van der Waals surface area contributed by atoms with Crippen LogP contribution in [0.1, 0.15) is 46.1 Å². The molecule has 0 saturated heterocycles. The number of carbonyl (C=O) groups excluding carboxylic acids is 1. The first kappa shape index (κ1) is 19.1. The van der Waals surface area contributed by atoms with Gasteiger partial charge in [-0.25, -0.2) is 4.98 Å². The van der Waals surface area contributed by atoms with Gasteiger partial charge < -0.3 is 4.74 Å². The number of aryl methyl sites for hydroxylation is 1. The van der Waals surface area contributed by atoms with E-state index in [1.54, 1.807) is 12.1 Å². The number of thiazole rings is 1. The fraction of sp³-hybridized carbons (Fsp3) is 0.273. The lowest BCUT2D eigenvalue weighted by molar-refractivity contribution is 0.102. The van der Waals surface area contributed by atoms with Gasteiger partial charge in [0, 0.05) is 23.1 Å². The van der Waals surface area contributed by atoms with E-state index >= 15 is 0 Å². The third-order valence-corrected chi connectivity index (χ3v) is 5.07. The van der Waals surface area contributed by atoms with Crippen LogP contribution in [-0.4, -0.2) is 17.5 Å². The average Bonchev–Trinajstić information content (AvgIpc) is 3.11. The first-order valence-corrected chi connectivity index (χ1v) is 10.00. The van der Waals surface area contributed by atoms with Gasteiger partial charge in [0.05, 0.1) is 6.61 Å². The maximum Gasteiger partial charge on any atom is 0.257 e. The zero-order valence-electron chi connectivity index (χ0n) is 15.7. The Labute approximate surface area is 164 Å². The van der Waals surface area contributed by atoms with E-state index in [1.165, 1.54) is 22.5 Å². The standard InChI is InChI=1S/C22H24N2O2S/c1-3-4-13-26-19-11-9-18(10-12-19)21(25)24-22-23-15-20(27-22)14-17-7-5-16(2)6-8-17/h5-12,15H,3-4,13-14H2,1-2H3,(H,23,24,25). The molecule has 1 N–H and O–H groups in total. The Morgan fingerprint density at radius 1 is 1.11 bits per heavy atom. The number of anilines is 1. The average molecular weight is 381 g/mol. The van der Waals surface area contributed by atoms with Crippen molar-refractivity contribution in [2.45, 2.75) is 33.1 Å². The summed E-state index contributed by atoms with van der Waals surface area (Å²) in [7, 11) is 0. The first-order chi connectivity index (χ1) is 13.1. The molecule has 1 heterocycles. The van der Waals surface area contributed by atoms with E-state index < -0.39 is 0 Å². The minimum atomic E-state index is -0.161. The molecule has 0 saturated carbocycles. The SMILES string of the molecule is CCCCOc1ccc(C(=O)Nc2ncc(Cc3ccc(C)cc3)s2)cc1. The summed E-state index contributed by atoms with van der Waals surface area (Å²) < 4.78 is 5.62. The van der Waals surface area contributed by atoms with Crippen LogP contribution in [0.15, 0.2) is 54.7 Å². The molecule has 0 aliphatic rings. The van der Waals surface area contributed by atoms with Crippen LogP contribution in [0.5, 0.6) is 5.75 Å². The molecule has 3 aromatic rings. The van der Waals surface area contributed by atoms with Crippen molar-refractivity contribution in [2.75, 3.05) is 11.9 Å². The van der Waals surface area contributed by atoms with Crippen LogP contribution in [0, 0.1) is 6.92 Å². The third kappa shape index (κ3) is 5.66. The summed E-state index contributed by atoms with van der Waals surface area (Å²) >= 11 is 1.50. The third-order valence-electron chi connectivity index (χ3n) is 4.16. The molecule has 0 radical (unpaired) electrons. The van der Waals surface area contributed by atoms with Crippen molar-refractivity contribution >= 4 is 22.4 Å². The van der Waals surface area contributed by atoms with Crippen molar-refractivity contribution < 1.29 is 9.53 Å². The number of aromatic nitrogens is 1. The Morgan fingerprint density at radius 3 is 2.56 bits per heavy atom. The molecule has 1 aromatic heterocycles. The first-order valence-electron chi connectivity index (χ1n) is 9.18. The van der Waals surface area contributed by atoms with Crippen molar-refractivity contribution in [1.29, 1.82) is 0 Å². The Morgan fingerprint density at radius 2 is 1.85 bits per heavy atom. The number of rotatable bonds is 8. The van der Waals surface area contributed by atoms with E-state index in [9.17, 15) is 4.79 Å². The summed E-state index contributed by atoms with van der Waals surface area (Å²) in [5.74, 6) is 0.626. The zero-order valence-corrected chi connectivity index (χ0v) is 16.5. The fourth-order valence-corrected chi connectivity index (χ4v) is 3.40. The minimum Gasteiger partial charge on any atom is -0.494 e. The molecule has 2 aromatic carbocycles. The van der Waals surface area contributed by atoms with Gasteiger partial charge in [-0.2, -0.15) is 0 Å². The van der Waals surface area contributed by atoms with Crippen LogP contribution in [0.3, 0.4) is 0 Å². The lowest BCUT2D eigenvalue weighted by Gasteiger charge is -2.06. The van der Waals surface area contributed by atoms with Crippen LogP contribution in [0.25, 0.3) is 0 Å². The maximum atomic E-state index is 12.4. The van der Waals surface area contributed by atoms with Gasteiger partial charge >= 0.3 is 0 Å². The zero-order chi connectivity index (χ0) is 19.1. The van der Waals surface area contributed by atoms with Gasteiger partial charge in [-0.15, -0.1) is 11.3 Å². The van der Waals surface area contributed by atoms with Gasteiger partial charge in [0.2, 0.25) is 0 Å². The van der Waals surface area contributed by atoms with Crippen molar-refractivity contribution in [2.24, 2.45) is 0 Å². The topological polar surface area (TPSA) is 51.2 Å². The Bertz CT molecular complexity index is 870. The molecule has 140 valence electrons. The molecule has 0 aliphatic carbocycles. The molecular weight excluding hydrogens is 356 g/mol. The summed E-state index contributed by atoms with van der Waals surface area (Å²) in [6.45, 7) is 4.90. The number of unbranched alkanes of at least 4 members (excludes halogenated alkanes) is 1. The number of nitrogens with one attached hydrogen (secondary N) is 1. The molecule has 0 bridgehead atoms. The van der Waals surface area contributed by atoms with Crippen LogP contribution < -0.4 is 10.1 Å². The van der Waals surface area contributed by atoms with E-state index in [-0.39, 0.29) is 5.91 Å². The van der Waals surface area contributed by atoms with Gasteiger partial charge in [0.25, 0.3) is 5.91 Å². The lowest BCUT2D eigenvalue weighted by Crippen LogP contribution is -2.11. The minimum absolute atomic E-state index is 0.161. The highest BCUT2D eigenvalue weighted by Crippen LogP contribution is 2.22. The second-order valence-electron chi connectivity index (χ2n) is 6.47. The Hall–Kier alpha value is -2.66. The van der Waals surface area contributed by atoms with Crippen LogP contribution >= 0.6 is 11.3 Å². The molecule has 0 spiro atoms. The molecular formula is C22H24N2O2S. The van der Waals surface area contributed by atoms with Gasteiger partial charge in [-0.05, 0) is 43.2 Å². The quantitative estimate of drug-likeness (QED) is 0.527. The number of nitrogens with zero attached hydrogens (tertiary/aromatic N) is 1. The maximum absolute atomic E-state index is 12.4. The van der Waals surface area contributed by atoms with Crippen molar-refractivity contribution in [3.63, 3.8) is 0 Å². The fourth-order valence-electron chi connectivity index (χ4n) is 2.56. The van der Waals surface area contributed by atoms with Crippen LogP contribution in [0.2, 0.25) is 0 Å². The summed E-state index contributed by atoms with van der Waals surface area (Å²) in [4.78, 5) is 17.8. The van der Waals surface area contributed by atoms with E-state index in [2.05, 4.69) is 48.4 Å². The van der Waals surface area contributed by atoms with E-state index in [1.807, 2.05) is 18.3 Å². The largest absolute Gasteiger partial charge is 0.494 e. The molecule has 27 heavy (non-hydrogen) atoms. The summed E-state index contributed by atoms with van der Waals surface area (Å²) in [5, 5.41) is 3.49. The van der Waals surface area contributed by atoms with Gasteiger partial charge in [-0.1, -0.05) is 43.2 Å². The number of hydrogen-bond acceptors (Lipinski definition) is 4. The summed E-state index contributed by atoms with van der Waals surface area (Å²) in [6.07, 6.45) is 4.76. The molecule has 0 atom stereocenters. The molecule has 0 fully saturated rings. The molecule has 0 unspecified atom stereocenters. The molecule has 0 aliphatic heterocycles. The second kappa shape index (κ2) is 9.33. The highest BCUT2D eigenvalue weighted by Gasteiger charge is 2.10. The number of hydrogen-bond donors (Lipinski definition) is 1. The Kier molecular flexibility index (Phi) is 6.60. The van der Waals surface area contributed by atoms with Gasteiger partial charge in [0.1, 0.15) is 5.75 Å². The van der Waals surface area contributed by atoms with Gasteiger partial charge in [-0.3, -0.25) is 10.1 Å². The van der Waals surface area contributed by atoms with Crippen LogP contribution in [0.4, 0.5) is 5.13 Å². The van der Waals surface area contributed by atoms with E-state index in [0.717, 1.165) is 29.9 Å². The second-order valence-corrected chi connectivity index (χ2v) is 7.59. The monoisotopic (exact) mass is 380 g/mol. The molecule has 1 amide bonds. The predicted molar refractivity (Wildman–Crippen MR) is 111 cm³/mol. The van der Waals surface area contributed by atoms with Crippen molar-refractivity contribution in [3.8, 4) is 5.75 Å². The smallest absolute Gasteiger partial charge is 0.257 e. The molecule has 4 nitrogen and oxygen atoms in total. The normalized spacial score (nSPS) is 10.6. The summed E-state index contributed by atoms with van der Waals surface area (Å²) in [6, 6.07) is 15.7. The van der Waals surface area contributed by atoms with E-state index in [0.29, 0.717) is 17.3 Å². The number of ether oxygens (including phenoxy) is 1. The number of benzene rings is 2. The number of amides is 1. The predicted octanol–water partition coefficient (Wildman–Crippen LogP) is 5.47. The van der Waals surface area contributed by atoms with Crippen LogP contribution in [-0.2, 0) is 6.42 Å². The number of carbonyl (C=O) groups is 1.